The Kier molecular flexibility index (Phi) is 8.33. The van der Waals surface area contributed by atoms with Crippen LogP contribution in [0.3, 0.4) is 0 Å². The van der Waals surface area contributed by atoms with E-state index < -0.39 is 0 Å². The summed E-state index contributed by atoms with van der Waals surface area (Å²) in [5, 5.41) is 5.87. The quantitative estimate of drug-likeness (QED) is 0.415. The van der Waals surface area contributed by atoms with Crippen LogP contribution in [-0.2, 0) is 11.3 Å². The van der Waals surface area contributed by atoms with Crippen LogP contribution in [0.15, 0.2) is 66.9 Å². The standard InChI is InChI=1S/C28H31N3O4/c1-2-34-24-13-6-7-14-25(24)35-26-16-15-20(18-29-26)19-30-27(32)22-11-8-12-23(17-22)31-28(33)21-9-4-3-5-10-21/h6-8,11-18,21H,2-5,9-10,19H2,1H3,(H,30,32)(H,31,33). The molecule has 0 radical (unpaired) electrons. The topological polar surface area (TPSA) is 89.5 Å². The Balaban J connectivity index is 1.31. The van der Waals surface area contributed by atoms with Crippen LogP contribution in [0.2, 0.25) is 0 Å². The number of hydrogen-bond acceptors (Lipinski definition) is 5. The molecule has 7 nitrogen and oxygen atoms in total. The highest BCUT2D eigenvalue weighted by Crippen LogP contribution is 2.30. The average Bonchev–Trinajstić information content (AvgIpc) is 2.90. The van der Waals surface area contributed by atoms with Gasteiger partial charge in [0.25, 0.3) is 5.91 Å². The number of carbonyl (C=O) groups excluding carboxylic acids is 2. The summed E-state index contributed by atoms with van der Waals surface area (Å²) in [6.07, 6.45) is 6.93. The van der Waals surface area contributed by atoms with Gasteiger partial charge in [0.15, 0.2) is 11.5 Å². The molecule has 2 amide bonds. The monoisotopic (exact) mass is 473 g/mol. The average molecular weight is 474 g/mol. The van der Waals surface area contributed by atoms with Crippen LogP contribution in [0.25, 0.3) is 0 Å². The van der Waals surface area contributed by atoms with Crippen molar-refractivity contribution in [2.75, 3.05) is 11.9 Å². The van der Waals surface area contributed by atoms with Crippen molar-refractivity contribution in [3.63, 3.8) is 0 Å². The molecule has 35 heavy (non-hydrogen) atoms. The lowest BCUT2D eigenvalue weighted by Crippen LogP contribution is -2.25. The molecule has 0 unspecified atom stereocenters. The molecule has 1 aliphatic rings. The maximum absolute atomic E-state index is 12.7. The van der Waals surface area contributed by atoms with Gasteiger partial charge in [0.05, 0.1) is 6.61 Å². The fraction of sp³-hybridized carbons (Fsp3) is 0.321. The molecular formula is C28H31N3O4. The molecule has 0 saturated heterocycles. The van der Waals surface area contributed by atoms with Crippen molar-refractivity contribution >= 4 is 17.5 Å². The number of nitrogens with one attached hydrogen (secondary N) is 2. The summed E-state index contributed by atoms with van der Waals surface area (Å²) < 4.78 is 11.4. The van der Waals surface area contributed by atoms with E-state index in [0.717, 1.165) is 31.2 Å². The molecule has 7 heteroatoms. The van der Waals surface area contributed by atoms with Gasteiger partial charge < -0.3 is 20.1 Å². The molecule has 0 bridgehead atoms. The van der Waals surface area contributed by atoms with E-state index in [2.05, 4.69) is 15.6 Å². The van der Waals surface area contributed by atoms with Gasteiger partial charge in [-0.15, -0.1) is 0 Å². The molecule has 0 atom stereocenters. The van der Waals surface area contributed by atoms with E-state index in [-0.39, 0.29) is 17.7 Å². The summed E-state index contributed by atoms with van der Waals surface area (Å²) in [5.74, 6) is 1.58. The Morgan fingerprint density at radius 2 is 1.77 bits per heavy atom. The second-order valence-electron chi connectivity index (χ2n) is 8.57. The summed E-state index contributed by atoms with van der Waals surface area (Å²) >= 11 is 0. The number of carbonyl (C=O) groups is 2. The van der Waals surface area contributed by atoms with Crippen molar-refractivity contribution in [2.45, 2.75) is 45.6 Å². The van der Waals surface area contributed by atoms with Gasteiger partial charge in [-0.25, -0.2) is 4.98 Å². The summed E-state index contributed by atoms with van der Waals surface area (Å²) in [4.78, 5) is 29.5. The van der Waals surface area contributed by atoms with E-state index in [9.17, 15) is 9.59 Å². The van der Waals surface area contributed by atoms with Crippen molar-refractivity contribution in [1.29, 1.82) is 0 Å². The zero-order valence-electron chi connectivity index (χ0n) is 20.0. The first kappa shape index (κ1) is 24.3. The van der Waals surface area contributed by atoms with Gasteiger partial charge in [0, 0.05) is 36.0 Å². The molecule has 0 aliphatic heterocycles. The highest BCUT2D eigenvalue weighted by atomic mass is 16.5. The first-order chi connectivity index (χ1) is 17.1. The molecule has 3 aromatic rings. The highest BCUT2D eigenvalue weighted by Gasteiger charge is 2.21. The van der Waals surface area contributed by atoms with Gasteiger partial charge in [-0.05, 0) is 55.7 Å². The predicted octanol–water partition coefficient (Wildman–Crippen LogP) is 5.72. The molecule has 1 aromatic heterocycles. The smallest absolute Gasteiger partial charge is 0.251 e. The molecule has 4 rings (SSSR count). The van der Waals surface area contributed by atoms with Gasteiger partial charge in [-0.1, -0.05) is 43.5 Å². The van der Waals surface area contributed by atoms with Crippen molar-refractivity contribution in [3.05, 3.63) is 78.0 Å². The fourth-order valence-electron chi connectivity index (χ4n) is 4.13. The van der Waals surface area contributed by atoms with Crippen molar-refractivity contribution < 1.29 is 19.1 Å². The first-order valence-electron chi connectivity index (χ1n) is 12.2. The summed E-state index contributed by atoms with van der Waals surface area (Å²) in [6, 6.07) is 18.1. The lowest BCUT2D eigenvalue weighted by Gasteiger charge is -2.20. The minimum absolute atomic E-state index is 0.0412. The van der Waals surface area contributed by atoms with E-state index >= 15 is 0 Å². The molecule has 1 aliphatic carbocycles. The zero-order chi connectivity index (χ0) is 24.5. The van der Waals surface area contributed by atoms with Gasteiger partial charge in [0.2, 0.25) is 11.8 Å². The number of hydrogen-bond donors (Lipinski definition) is 2. The second kappa shape index (κ2) is 12.0. The Labute approximate surface area is 205 Å². The number of anilines is 1. The third-order valence-corrected chi connectivity index (χ3v) is 5.98. The lowest BCUT2D eigenvalue weighted by molar-refractivity contribution is -0.120. The molecule has 1 fully saturated rings. The van der Waals surface area contributed by atoms with Gasteiger partial charge in [-0.2, -0.15) is 0 Å². The Bertz CT molecular complexity index is 1140. The lowest BCUT2D eigenvalue weighted by atomic mass is 9.88. The fourth-order valence-corrected chi connectivity index (χ4v) is 4.13. The summed E-state index contributed by atoms with van der Waals surface area (Å²) in [5.41, 5.74) is 1.97. The van der Waals surface area contributed by atoms with Crippen LogP contribution in [0.1, 0.15) is 54.9 Å². The van der Waals surface area contributed by atoms with E-state index in [0.29, 0.717) is 41.8 Å². The van der Waals surface area contributed by atoms with Crippen LogP contribution in [0.5, 0.6) is 17.4 Å². The Hall–Kier alpha value is -3.87. The van der Waals surface area contributed by atoms with E-state index in [4.69, 9.17) is 9.47 Å². The number of para-hydroxylation sites is 2. The third-order valence-electron chi connectivity index (χ3n) is 5.98. The highest BCUT2D eigenvalue weighted by molar-refractivity contribution is 5.97. The first-order valence-corrected chi connectivity index (χ1v) is 12.2. The normalized spacial score (nSPS) is 13.6. The molecule has 2 aromatic carbocycles. The largest absolute Gasteiger partial charge is 0.490 e. The molecule has 2 N–H and O–H groups in total. The van der Waals surface area contributed by atoms with Crippen molar-refractivity contribution in [3.8, 4) is 17.4 Å². The number of ether oxygens (including phenoxy) is 2. The van der Waals surface area contributed by atoms with Gasteiger partial charge >= 0.3 is 0 Å². The molecular weight excluding hydrogens is 442 g/mol. The maximum Gasteiger partial charge on any atom is 0.251 e. The number of amides is 2. The zero-order valence-corrected chi connectivity index (χ0v) is 20.0. The molecule has 1 heterocycles. The molecule has 1 saturated carbocycles. The summed E-state index contributed by atoms with van der Waals surface area (Å²) in [7, 11) is 0. The van der Waals surface area contributed by atoms with Gasteiger partial charge in [-0.3, -0.25) is 9.59 Å². The predicted molar refractivity (Wildman–Crippen MR) is 135 cm³/mol. The maximum atomic E-state index is 12.7. The Morgan fingerprint density at radius 3 is 2.51 bits per heavy atom. The Morgan fingerprint density at radius 1 is 0.971 bits per heavy atom. The number of rotatable bonds is 9. The molecule has 182 valence electrons. The van der Waals surface area contributed by atoms with Crippen molar-refractivity contribution in [1.82, 2.24) is 10.3 Å². The number of aromatic nitrogens is 1. The van der Waals surface area contributed by atoms with Crippen LogP contribution in [0, 0.1) is 5.92 Å². The van der Waals surface area contributed by atoms with E-state index in [1.54, 1.807) is 30.5 Å². The number of benzene rings is 2. The third kappa shape index (κ3) is 6.82. The molecule has 0 spiro atoms. The van der Waals surface area contributed by atoms with E-state index in [1.807, 2.05) is 43.3 Å². The van der Waals surface area contributed by atoms with Crippen LogP contribution in [0.4, 0.5) is 5.69 Å². The second-order valence-corrected chi connectivity index (χ2v) is 8.57. The number of nitrogens with zero attached hydrogens (tertiary/aromatic N) is 1. The number of pyridine rings is 1. The summed E-state index contributed by atoms with van der Waals surface area (Å²) in [6.45, 7) is 2.78. The van der Waals surface area contributed by atoms with Crippen molar-refractivity contribution in [2.24, 2.45) is 5.92 Å². The van der Waals surface area contributed by atoms with E-state index in [1.165, 1.54) is 6.42 Å². The van der Waals surface area contributed by atoms with Gasteiger partial charge in [0.1, 0.15) is 0 Å². The van der Waals surface area contributed by atoms with Crippen LogP contribution in [-0.4, -0.2) is 23.4 Å². The van der Waals surface area contributed by atoms with Crippen LogP contribution >= 0.6 is 0 Å². The SMILES string of the molecule is CCOc1ccccc1Oc1ccc(CNC(=O)c2cccc(NC(=O)C3CCCCC3)c2)cn1. The minimum Gasteiger partial charge on any atom is -0.490 e. The van der Waals surface area contributed by atoms with Crippen LogP contribution < -0.4 is 20.1 Å². The minimum atomic E-state index is -0.218.